The van der Waals surface area contributed by atoms with Crippen LogP contribution in [0.25, 0.3) is 0 Å². The van der Waals surface area contributed by atoms with Gasteiger partial charge in [0.2, 0.25) is 10.0 Å². The molecule has 0 aromatic carbocycles. The molecule has 0 fully saturated rings. The van der Waals surface area contributed by atoms with Crippen molar-refractivity contribution in [3.05, 3.63) is 28.5 Å². The Morgan fingerprint density at radius 1 is 1.69 bits per heavy atom. The van der Waals surface area contributed by atoms with Gasteiger partial charge in [-0.25, -0.2) is 13.2 Å². The Hall–Kier alpha value is -1.34. The molecule has 0 aliphatic heterocycles. The van der Waals surface area contributed by atoms with E-state index in [4.69, 9.17) is 5.11 Å². The second kappa shape index (κ2) is 4.67. The summed E-state index contributed by atoms with van der Waals surface area (Å²) >= 11 is 0.991. The third-order valence-electron chi connectivity index (χ3n) is 1.76. The molecule has 88 valence electrons. The molecule has 7 heteroatoms. The maximum atomic E-state index is 11.5. The maximum Gasteiger partial charge on any atom is 0.348 e. The lowest BCUT2D eigenvalue weighted by molar-refractivity contribution is 0.0703. The van der Waals surface area contributed by atoms with Crippen molar-refractivity contribution in [2.75, 3.05) is 10.5 Å². The van der Waals surface area contributed by atoms with Crippen molar-refractivity contribution in [3.63, 3.8) is 0 Å². The molecule has 0 saturated carbocycles. The number of thiophene rings is 1. The van der Waals surface area contributed by atoms with Crippen LogP contribution >= 0.6 is 11.3 Å². The van der Waals surface area contributed by atoms with E-state index in [1.54, 1.807) is 12.3 Å². The number of carbonyl (C=O) groups is 1. The summed E-state index contributed by atoms with van der Waals surface area (Å²) in [4.78, 5) is 10.8. The Balaban J connectivity index is 3.10. The van der Waals surface area contributed by atoms with E-state index in [2.05, 4.69) is 11.3 Å². The highest BCUT2D eigenvalue weighted by Crippen LogP contribution is 2.28. The number of sulfonamides is 1. The molecule has 0 radical (unpaired) electrons. The zero-order valence-electron chi connectivity index (χ0n) is 8.56. The molecule has 1 aromatic heterocycles. The first-order valence-corrected chi connectivity index (χ1v) is 6.83. The van der Waals surface area contributed by atoms with Gasteiger partial charge in [0.15, 0.2) is 0 Å². The fourth-order valence-electron chi connectivity index (χ4n) is 1.08. The molecule has 0 bridgehead atoms. The lowest BCUT2D eigenvalue weighted by atomic mass is 10.3. The molecule has 0 saturated heterocycles. The van der Waals surface area contributed by atoms with Gasteiger partial charge in [-0.3, -0.25) is 4.72 Å². The van der Waals surface area contributed by atoms with Gasteiger partial charge in [-0.2, -0.15) is 0 Å². The smallest absolute Gasteiger partial charge is 0.348 e. The SMILES string of the molecule is C=CCS(=O)(=O)Nc1c(C)csc1C(=O)O. The Bertz CT molecular complexity index is 516. The first-order chi connectivity index (χ1) is 7.37. The van der Waals surface area contributed by atoms with Crippen molar-refractivity contribution < 1.29 is 18.3 Å². The number of carboxylic acid groups (broad SMARTS) is 1. The molecule has 5 nitrogen and oxygen atoms in total. The van der Waals surface area contributed by atoms with Crippen molar-refractivity contribution in [1.29, 1.82) is 0 Å². The van der Waals surface area contributed by atoms with Gasteiger partial charge in [-0.1, -0.05) is 6.08 Å². The first kappa shape index (κ1) is 12.7. The number of anilines is 1. The molecule has 16 heavy (non-hydrogen) atoms. The monoisotopic (exact) mass is 261 g/mol. The summed E-state index contributed by atoms with van der Waals surface area (Å²) in [6.45, 7) is 4.97. The molecule has 2 N–H and O–H groups in total. The number of carboxylic acids is 1. The molecule has 0 aliphatic carbocycles. The van der Waals surface area contributed by atoms with Crippen LogP contribution < -0.4 is 4.72 Å². The second-order valence-electron chi connectivity index (χ2n) is 3.10. The zero-order valence-corrected chi connectivity index (χ0v) is 10.2. The van der Waals surface area contributed by atoms with Gasteiger partial charge in [-0.05, 0) is 17.9 Å². The van der Waals surface area contributed by atoms with E-state index in [1.165, 1.54) is 6.08 Å². The van der Waals surface area contributed by atoms with Crippen molar-refractivity contribution in [3.8, 4) is 0 Å². The van der Waals surface area contributed by atoms with Crippen molar-refractivity contribution in [1.82, 2.24) is 0 Å². The van der Waals surface area contributed by atoms with E-state index in [1.807, 2.05) is 0 Å². The highest BCUT2D eigenvalue weighted by molar-refractivity contribution is 7.92. The zero-order chi connectivity index (χ0) is 12.3. The highest BCUT2D eigenvalue weighted by atomic mass is 32.2. The Morgan fingerprint density at radius 2 is 2.31 bits per heavy atom. The Morgan fingerprint density at radius 3 is 2.81 bits per heavy atom. The minimum absolute atomic E-state index is 0.00913. The van der Waals surface area contributed by atoms with Crippen LogP contribution in [0, 0.1) is 6.92 Å². The van der Waals surface area contributed by atoms with Gasteiger partial charge >= 0.3 is 5.97 Å². The summed E-state index contributed by atoms with van der Waals surface area (Å²) in [5.74, 6) is -1.39. The summed E-state index contributed by atoms with van der Waals surface area (Å²) in [6.07, 6.45) is 1.24. The van der Waals surface area contributed by atoms with Crippen LogP contribution in [0.2, 0.25) is 0 Å². The van der Waals surface area contributed by atoms with Crippen molar-refractivity contribution in [2.45, 2.75) is 6.92 Å². The minimum atomic E-state index is -3.56. The molecule has 1 heterocycles. The van der Waals surface area contributed by atoms with E-state index in [0.717, 1.165) is 11.3 Å². The average Bonchev–Trinajstić information content (AvgIpc) is 2.47. The molecule has 0 amide bonds. The molecule has 0 atom stereocenters. The topological polar surface area (TPSA) is 83.5 Å². The molecule has 0 unspecified atom stereocenters. The molecule has 0 spiro atoms. The lowest BCUT2D eigenvalue weighted by Crippen LogP contribution is -2.17. The van der Waals surface area contributed by atoms with Crippen molar-refractivity contribution >= 4 is 33.0 Å². The first-order valence-electron chi connectivity index (χ1n) is 4.30. The largest absolute Gasteiger partial charge is 0.477 e. The Kier molecular flexibility index (Phi) is 3.71. The standard InChI is InChI=1S/C9H11NO4S2/c1-3-4-16(13,14)10-7-6(2)5-15-8(7)9(11)12/h3,5,10H,1,4H2,2H3,(H,11,12). The summed E-state index contributed by atoms with van der Waals surface area (Å²) in [5, 5.41) is 10.5. The van der Waals surface area contributed by atoms with E-state index in [0.29, 0.717) is 5.56 Å². The van der Waals surface area contributed by atoms with Gasteiger partial charge in [0.1, 0.15) is 4.88 Å². The normalized spacial score (nSPS) is 11.1. The fourth-order valence-corrected chi connectivity index (χ4v) is 2.96. The quantitative estimate of drug-likeness (QED) is 0.790. The minimum Gasteiger partial charge on any atom is -0.477 e. The van der Waals surface area contributed by atoms with Crippen LogP contribution in [-0.2, 0) is 10.0 Å². The Labute approximate surface area is 97.5 Å². The molecular weight excluding hydrogens is 250 g/mol. The summed E-state index contributed by atoms with van der Waals surface area (Å²) in [7, 11) is -3.56. The number of nitrogens with one attached hydrogen (secondary N) is 1. The van der Waals surface area contributed by atoms with Crippen LogP contribution in [0.1, 0.15) is 15.2 Å². The number of hydrogen-bond acceptors (Lipinski definition) is 4. The maximum absolute atomic E-state index is 11.5. The average molecular weight is 261 g/mol. The van der Waals surface area contributed by atoms with Crippen LogP contribution in [-0.4, -0.2) is 25.2 Å². The third-order valence-corrected chi connectivity index (χ3v) is 4.04. The number of aryl methyl sites for hydroxylation is 1. The lowest BCUT2D eigenvalue weighted by Gasteiger charge is -2.06. The molecule has 1 rings (SSSR count). The number of hydrogen-bond donors (Lipinski definition) is 2. The molecule has 1 aromatic rings. The second-order valence-corrected chi connectivity index (χ2v) is 5.75. The summed E-state index contributed by atoms with van der Waals surface area (Å²) < 4.78 is 25.2. The van der Waals surface area contributed by atoms with Crippen molar-refractivity contribution in [2.24, 2.45) is 0 Å². The molecular formula is C9H11NO4S2. The van der Waals surface area contributed by atoms with Gasteiger partial charge in [0, 0.05) is 0 Å². The fraction of sp³-hybridized carbons (Fsp3) is 0.222. The van der Waals surface area contributed by atoms with Gasteiger partial charge in [0.25, 0.3) is 0 Å². The highest BCUT2D eigenvalue weighted by Gasteiger charge is 2.19. The predicted octanol–water partition coefficient (Wildman–Crippen LogP) is 1.68. The van der Waals surface area contributed by atoms with E-state index >= 15 is 0 Å². The van der Waals surface area contributed by atoms with Crippen LogP contribution in [0.15, 0.2) is 18.0 Å². The number of aromatic carboxylic acids is 1. The molecule has 0 aliphatic rings. The van der Waals surface area contributed by atoms with Crippen LogP contribution in [0.3, 0.4) is 0 Å². The van der Waals surface area contributed by atoms with Gasteiger partial charge in [-0.15, -0.1) is 17.9 Å². The van der Waals surface area contributed by atoms with E-state index in [-0.39, 0.29) is 16.3 Å². The van der Waals surface area contributed by atoms with Gasteiger partial charge in [0.05, 0.1) is 11.4 Å². The predicted molar refractivity (Wildman–Crippen MR) is 63.6 cm³/mol. The number of rotatable bonds is 5. The van der Waals surface area contributed by atoms with E-state index < -0.39 is 16.0 Å². The summed E-state index contributed by atoms with van der Waals surface area (Å²) in [6, 6.07) is 0. The summed E-state index contributed by atoms with van der Waals surface area (Å²) in [5.41, 5.74) is 0.731. The van der Waals surface area contributed by atoms with Gasteiger partial charge < -0.3 is 5.11 Å². The third kappa shape index (κ3) is 2.83. The van der Waals surface area contributed by atoms with E-state index in [9.17, 15) is 13.2 Å². The van der Waals surface area contributed by atoms with Crippen LogP contribution in [0.5, 0.6) is 0 Å². The van der Waals surface area contributed by atoms with Crippen LogP contribution in [0.4, 0.5) is 5.69 Å².